The first-order chi connectivity index (χ1) is 13.3. The van der Waals surface area contributed by atoms with E-state index < -0.39 is 6.04 Å². The maximum atomic E-state index is 12.8. The molecule has 7 heteroatoms. The third-order valence-corrected chi connectivity index (χ3v) is 5.14. The highest BCUT2D eigenvalue weighted by atomic mass is 32.1. The van der Waals surface area contributed by atoms with Gasteiger partial charge in [0.1, 0.15) is 10.6 Å². The highest BCUT2D eigenvalue weighted by molar-refractivity contribution is 7.14. The summed E-state index contributed by atoms with van der Waals surface area (Å²) in [6, 6.07) is 14.6. The highest BCUT2D eigenvalue weighted by Gasteiger charge is 2.19. The zero-order valence-electron chi connectivity index (χ0n) is 14.3. The number of pyridine rings is 1. The van der Waals surface area contributed by atoms with Crippen molar-refractivity contribution in [3.05, 3.63) is 77.4 Å². The number of hydrogen-bond donors (Lipinski definition) is 4. The zero-order valence-corrected chi connectivity index (χ0v) is 15.2. The summed E-state index contributed by atoms with van der Waals surface area (Å²) in [5, 5.41) is 19.5. The quantitative estimate of drug-likeness (QED) is 0.410. The van der Waals surface area contributed by atoms with Gasteiger partial charge in [-0.3, -0.25) is 4.79 Å². The van der Waals surface area contributed by atoms with E-state index in [0.717, 1.165) is 27.3 Å². The molecule has 6 nitrogen and oxygen atoms in total. The van der Waals surface area contributed by atoms with E-state index in [2.05, 4.69) is 20.6 Å². The summed E-state index contributed by atoms with van der Waals surface area (Å²) >= 11 is 1.45. The van der Waals surface area contributed by atoms with Crippen LogP contribution in [0.4, 0.5) is 10.7 Å². The first-order valence-corrected chi connectivity index (χ1v) is 9.37. The summed E-state index contributed by atoms with van der Waals surface area (Å²) in [6.07, 6.45) is 3.54. The summed E-state index contributed by atoms with van der Waals surface area (Å²) in [4.78, 5) is 20.1. The second-order valence-corrected chi connectivity index (χ2v) is 6.92. The van der Waals surface area contributed by atoms with E-state index in [9.17, 15) is 9.90 Å². The van der Waals surface area contributed by atoms with Crippen LogP contribution in [0, 0.1) is 0 Å². The molecule has 4 N–H and O–H groups in total. The van der Waals surface area contributed by atoms with Crippen LogP contribution in [0.15, 0.2) is 66.3 Å². The Balaban J connectivity index is 1.56. The summed E-state index contributed by atoms with van der Waals surface area (Å²) < 4.78 is 0. The number of anilines is 2. The molecule has 1 atom stereocenters. The van der Waals surface area contributed by atoms with E-state index in [0.29, 0.717) is 5.56 Å². The number of carbonyl (C=O) groups excluding carboxylic acids is 1. The first kappa shape index (κ1) is 17.3. The maximum absolute atomic E-state index is 12.8. The predicted molar refractivity (Wildman–Crippen MR) is 107 cm³/mol. The second kappa shape index (κ2) is 7.61. The average Bonchev–Trinajstić information content (AvgIpc) is 3.36. The number of amides is 1. The molecule has 0 radical (unpaired) electrons. The molecule has 4 aromatic rings. The van der Waals surface area contributed by atoms with Crippen LogP contribution >= 0.6 is 11.3 Å². The van der Waals surface area contributed by atoms with Crippen LogP contribution in [0.3, 0.4) is 0 Å². The number of aromatic nitrogens is 2. The number of benzene rings is 1. The summed E-state index contributed by atoms with van der Waals surface area (Å²) in [5.41, 5.74) is 3.06. The maximum Gasteiger partial charge on any atom is 0.254 e. The van der Waals surface area contributed by atoms with E-state index in [1.165, 1.54) is 11.3 Å². The van der Waals surface area contributed by atoms with Gasteiger partial charge in [-0.05, 0) is 29.1 Å². The number of nitrogens with zero attached hydrogens (tertiary/aromatic N) is 1. The van der Waals surface area contributed by atoms with Crippen molar-refractivity contribution in [1.29, 1.82) is 0 Å². The van der Waals surface area contributed by atoms with Gasteiger partial charge in [0.15, 0.2) is 0 Å². The Kier molecular flexibility index (Phi) is 4.86. The van der Waals surface area contributed by atoms with Crippen LogP contribution in [-0.4, -0.2) is 27.6 Å². The standard InChI is InChI=1S/C20H18N4O2S/c25-12-17(13-4-2-1-3-5-13)23-19(26)15-8-11-27-20(15)24-16-7-10-22-18-14(16)6-9-21-18/h1-11,17,25H,12H2,(H,23,26)(H2,21,22,24)/t17-/m1/s1. The van der Waals surface area contributed by atoms with Crippen molar-refractivity contribution in [1.82, 2.24) is 15.3 Å². The van der Waals surface area contributed by atoms with Gasteiger partial charge in [0.05, 0.1) is 23.9 Å². The number of aliphatic hydroxyl groups excluding tert-OH is 1. The normalized spacial score (nSPS) is 12.0. The van der Waals surface area contributed by atoms with E-state index in [-0.39, 0.29) is 12.5 Å². The van der Waals surface area contributed by atoms with Gasteiger partial charge in [0, 0.05) is 17.8 Å². The molecule has 136 valence electrons. The van der Waals surface area contributed by atoms with Crippen molar-refractivity contribution in [2.24, 2.45) is 0 Å². The summed E-state index contributed by atoms with van der Waals surface area (Å²) in [5.74, 6) is -0.235. The second-order valence-electron chi connectivity index (χ2n) is 6.01. The van der Waals surface area contributed by atoms with E-state index >= 15 is 0 Å². The van der Waals surface area contributed by atoms with Crippen molar-refractivity contribution >= 4 is 39.0 Å². The van der Waals surface area contributed by atoms with Gasteiger partial charge >= 0.3 is 0 Å². The van der Waals surface area contributed by atoms with Gasteiger partial charge in [-0.1, -0.05) is 30.3 Å². The molecule has 3 aromatic heterocycles. The lowest BCUT2D eigenvalue weighted by molar-refractivity contribution is 0.0917. The molecule has 0 unspecified atom stereocenters. The van der Waals surface area contributed by atoms with E-state index in [4.69, 9.17) is 0 Å². The molecule has 0 aliphatic rings. The molecule has 0 aliphatic carbocycles. The smallest absolute Gasteiger partial charge is 0.254 e. The molecule has 4 rings (SSSR count). The number of H-pyrrole nitrogens is 1. The molecule has 27 heavy (non-hydrogen) atoms. The molecule has 3 heterocycles. The highest BCUT2D eigenvalue weighted by Crippen LogP contribution is 2.30. The van der Waals surface area contributed by atoms with Crippen molar-refractivity contribution in [3.63, 3.8) is 0 Å². The molecule has 0 saturated heterocycles. The van der Waals surface area contributed by atoms with Gasteiger partial charge in [0.25, 0.3) is 5.91 Å². The molecule has 1 aromatic carbocycles. The van der Waals surface area contributed by atoms with Crippen molar-refractivity contribution < 1.29 is 9.90 Å². The van der Waals surface area contributed by atoms with Gasteiger partial charge in [-0.25, -0.2) is 4.98 Å². The fraction of sp³-hybridized carbons (Fsp3) is 0.100. The topological polar surface area (TPSA) is 90.0 Å². The molecule has 0 fully saturated rings. The number of aliphatic hydroxyl groups is 1. The Hall–Kier alpha value is -3.16. The minimum absolute atomic E-state index is 0.170. The van der Waals surface area contributed by atoms with Crippen LogP contribution in [0.2, 0.25) is 0 Å². The number of aromatic amines is 1. The average molecular weight is 378 g/mol. The van der Waals surface area contributed by atoms with Crippen molar-refractivity contribution in [2.75, 3.05) is 11.9 Å². The monoisotopic (exact) mass is 378 g/mol. The van der Waals surface area contributed by atoms with Gasteiger partial charge in [0.2, 0.25) is 0 Å². The molecule has 0 spiro atoms. The third-order valence-electron chi connectivity index (χ3n) is 4.31. The minimum atomic E-state index is -0.455. The Morgan fingerprint density at radius 1 is 1.19 bits per heavy atom. The van der Waals surface area contributed by atoms with Crippen molar-refractivity contribution in [2.45, 2.75) is 6.04 Å². The summed E-state index contributed by atoms with van der Waals surface area (Å²) in [7, 11) is 0. The fourth-order valence-electron chi connectivity index (χ4n) is 2.93. The Labute approximate surface area is 159 Å². The number of thiophene rings is 1. The third kappa shape index (κ3) is 3.55. The Morgan fingerprint density at radius 2 is 2.04 bits per heavy atom. The van der Waals surface area contributed by atoms with Crippen LogP contribution in [-0.2, 0) is 0 Å². The zero-order chi connectivity index (χ0) is 18.6. The number of nitrogens with one attached hydrogen (secondary N) is 3. The lowest BCUT2D eigenvalue weighted by Crippen LogP contribution is -2.30. The van der Waals surface area contributed by atoms with E-state index in [1.54, 1.807) is 12.3 Å². The van der Waals surface area contributed by atoms with Crippen LogP contribution in [0.5, 0.6) is 0 Å². The van der Waals surface area contributed by atoms with Crippen molar-refractivity contribution in [3.8, 4) is 0 Å². The SMILES string of the molecule is O=C(N[C@H](CO)c1ccccc1)c1ccsc1Nc1ccnc2[nH]ccc12. The van der Waals surface area contributed by atoms with Crippen LogP contribution in [0.1, 0.15) is 22.0 Å². The molecular formula is C20H18N4O2S. The molecular weight excluding hydrogens is 360 g/mol. The van der Waals surface area contributed by atoms with Crippen LogP contribution < -0.4 is 10.6 Å². The first-order valence-electron chi connectivity index (χ1n) is 8.49. The van der Waals surface area contributed by atoms with Gasteiger partial charge < -0.3 is 20.7 Å². The predicted octanol–water partition coefficient (Wildman–Crippen LogP) is 3.83. The lowest BCUT2D eigenvalue weighted by atomic mass is 10.1. The number of hydrogen-bond acceptors (Lipinski definition) is 5. The van der Waals surface area contributed by atoms with E-state index in [1.807, 2.05) is 54.0 Å². The number of rotatable bonds is 6. The van der Waals surface area contributed by atoms with Gasteiger partial charge in [-0.2, -0.15) is 0 Å². The molecule has 1 amide bonds. The van der Waals surface area contributed by atoms with Gasteiger partial charge in [-0.15, -0.1) is 11.3 Å². The fourth-order valence-corrected chi connectivity index (χ4v) is 3.73. The largest absolute Gasteiger partial charge is 0.394 e. The lowest BCUT2D eigenvalue weighted by Gasteiger charge is -2.17. The minimum Gasteiger partial charge on any atom is -0.394 e. The Bertz CT molecular complexity index is 1060. The summed E-state index contributed by atoms with van der Waals surface area (Å²) in [6.45, 7) is -0.170. The van der Waals surface area contributed by atoms with Crippen LogP contribution in [0.25, 0.3) is 11.0 Å². The number of fused-ring (bicyclic) bond motifs is 1. The molecule has 0 bridgehead atoms. The molecule has 0 saturated carbocycles. The Morgan fingerprint density at radius 3 is 2.85 bits per heavy atom. The number of carbonyl (C=O) groups is 1. The molecule has 0 aliphatic heterocycles.